The number of thiophene rings is 2. The summed E-state index contributed by atoms with van der Waals surface area (Å²) in [5.74, 6) is 0. The van der Waals surface area contributed by atoms with Gasteiger partial charge in [-0.05, 0) is 24.4 Å². The van der Waals surface area contributed by atoms with E-state index in [1.807, 2.05) is 22.7 Å². The molecule has 2 aromatic rings. The van der Waals surface area contributed by atoms with Gasteiger partial charge < -0.3 is 0 Å². The molecule has 2 rings (SSSR count). The molecule has 0 fully saturated rings. The van der Waals surface area contributed by atoms with Gasteiger partial charge in [0.05, 0.1) is 4.70 Å². The van der Waals surface area contributed by atoms with Crippen LogP contribution in [0.2, 0.25) is 0 Å². The van der Waals surface area contributed by atoms with Gasteiger partial charge in [-0.1, -0.05) is 6.08 Å². The van der Waals surface area contributed by atoms with Crippen LogP contribution < -0.4 is 0 Å². The van der Waals surface area contributed by atoms with Crippen molar-refractivity contribution in [2.24, 2.45) is 0 Å². The Kier molecular flexibility index (Phi) is 1.80. The minimum absolute atomic E-state index is 1.38. The van der Waals surface area contributed by atoms with Gasteiger partial charge in [0.15, 0.2) is 0 Å². The van der Waals surface area contributed by atoms with Crippen LogP contribution in [0.15, 0.2) is 22.9 Å². The zero-order chi connectivity index (χ0) is 7.68. The summed E-state index contributed by atoms with van der Waals surface area (Å²) >= 11 is 3.64. The first-order valence-corrected chi connectivity index (χ1v) is 5.25. The highest BCUT2D eigenvalue weighted by Crippen LogP contribution is 2.31. The molecular weight excluding hydrogens is 172 g/mol. The summed E-state index contributed by atoms with van der Waals surface area (Å²) in [6.07, 6.45) is 4.26. The highest BCUT2D eigenvalue weighted by molar-refractivity contribution is 7.23. The van der Waals surface area contributed by atoms with Crippen LogP contribution >= 0.6 is 22.7 Å². The molecule has 56 valence electrons. The van der Waals surface area contributed by atoms with Gasteiger partial charge in [-0.3, -0.25) is 0 Å². The molecule has 2 aromatic heterocycles. The third-order valence-electron chi connectivity index (χ3n) is 1.55. The number of hydrogen-bond donors (Lipinski definition) is 0. The van der Waals surface area contributed by atoms with Crippen molar-refractivity contribution in [3.05, 3.63) is 27.8 Å². The highest BCUT2D eigenvalue weighted by atomic mass is 32.1. The summed E-state index contributed by atoms with van der Waals surface area (Å²) in [5, 5.41) is 5.74. The zero-order valence-corrected chi connectivity index (χ0v) is 7.84. The van der Waals surface area contributed by atoms with Crippen molar-refractivity contribution in [3.8, 4) is 0 Å². The second-order valence-corrected chi connectivity index (χ2v) is 4.13. The van der Waals surface area contributed by atoms with E-state index in [4.69, 9.17) is 0 Å². The molecule has 0 atom stereocenters. The van der Waals surface area contributed by atoms with Crippen molar-refractivity contribution in [2.45, 2.75) is 6.92 Å². The Morgan fingerprint density at radius 1 is 1.36 bits per heavy atom. The Labute approximate surface area is 73.8 Å². The molecule has 0 aliphatic rings. The van der Waals surface area contributed by atoms with E-state index in [0.29, 0.717) is 0 Å². The molecule has 0 nitrogen and oxygen atoms in total. The Morgan fingerprint density at radius 3 is 3.09 bits per heavy atom. The monoisotopic (exact) mass is 180 g/mol. The molecule has 0 radical (unpaired) electrons. The third kappa shape index (κ3) is 1.12. The van der Waals surface area contributed by atoms with Crippen molar-refractivity contribution in [3.63, 3.8) is 0 Å². The quantitative estimate of drug-likeness (QED) is 0.622. The standard InChI is InChI=1S/C9H8S2/c1-2-3-8-9-7(6-11-8)4-5-10-9/h2-6H,1H3/b3-2+. The largest absolute Gasteiger partial charge is 0.142 e. The maximum atomic E-state index is 2.21. The fourth-order valence-electron chi connectivity index (χ4n) is 1.06. The molecule has 0 amide bonds. The smallest absolute Gasteiger partial charge is 0.0522 e. The zero-order valence-electron chi connectivity index (χ0n) is 6.20. The van der Waals surface area contributed by atoms with Crippen LogP contribution in [-0.4, -0.2) is 0 Å². The second-order valence-electron chi connectivity index (χ2n) is 2.31. The highest BCUT2D eigenvalue weighted by Gasteiger charge is 2.00. The molecule has 11 heavy (non-hydrogen) atoms. The Hall–Kier alpha value is -0.600. The van der Waals surface area contributed by atoms with Gasteiger partial charge in [0, 0.05) is 15.6 Å². The van der Waals surface area contributed by atoms with Gasteiger partial charge in [0.2, 0.25) is 0 Å². The van der Waals surface area contributed by atoms with E-state index < -0.39 is 0 Å². The predicted molar refractivity (Wildman–Crippen MR) is 54.4 cm³/mol. The van der Waals surface area contributed by atoms with Gasteiger partial charge >= 0.3 is 0 Å². The van der Waals surface area contributed by atoms with Crippen LogP contribution in [0.5, 0.6) is 0 Å². The van der Waals surface area contributed by atoms with Gasteiger partial charge in [0.1, 0.15) is 0 Å². The molecule has 0 saturated carbocycles. The van der Waals surface area contributed by atoms with E-state index in [0.717, 1.165) is 0 Å². The number of rotatable bonds is 1. The fraction of sp³-hybridized carbons (Fsp3) is 0.111. The summed E-state index contributed by atoms with van der Waals surface area (Å²) in [6, 6.07) is 2.17. The molecule has 0 aliphatic carbocycles. The maximum Gasteiger partial charge on any atom is 0.0522 e. The van der Waals surface area contributed by atoms with Gasteiger partial charge in [-0.15, -0.1) is 22.7 Å². The minimum atomic E-state index is 1.38. The lowest BCUT2D eigenvalue weighted by Crippen LogP contribution is -1.54. The van der Waals surface area contributed by atoms with Gasteiger partial charge in [-0.2, -0.15) is 0 Å². The van der Waals surface area contributed by atoms with Gasteiger partial charge in [-0.25, -0.2) is 0 Å². The topological polar surface area (TPSA) is 0 Å². The summed E-state index contributed by atoms with van der Waals surface area (Å²) in [6.45, 7) is 2.05. The van der Waals surface area contributed by atoms with E-state index >= 15 is 0 Å². The normalized spacial score (nSPS) is 11.7. The van der Waals surface area contributed by atoms with Crippen LogP contribution in [0.1, 0.15) is 11.8 Å². The number of allylic oxidation sites excluding steroid dienone is 1. The molecule has 0 N–H and O–H groups in total. The fourth-order valence-corrected chi connectivity index (χ4v) is 3.11. The predicted octanol–water partition coefficient (Wildman–Crippen LogP) is 4.00. The van der Waals surface area contributed by atoms with Crippen LogP contribution in [0.3, 0.4) is 0 Å². The molecule has 2 heterocycles. The van der Waals surface area contributed by atoms with E-state index in [-0.39, 0.29) is 0 Å². The minimum Gasteiger partial charge on any atom is -0.142 e. The van der Waals surface area contributed by atoms with Crippen LogP contribution in [-0.2, 0) is 0 Å². The Balaban J connectivity index is 2.68. The lowest BCUT2D eigenvalue weighted by molar-refractivity contribution is 1.80. The van der Waals surface area contributed by atoms with Crippen molar-refractivity contribution >= 4 is 38.8 Å². The van der Waals surface area contributed by atoms with E-state index in [1.165, 1.54) is 15.0 Å². The molecular formula is C9H8S2. The first-order valence-electron chi connectivity index (χ1n) is 3.49. The Bertz CT molecular complexity index is 379. The van der Waals surface area contributed by atoms with Crippen LogP contribution in [0.25, 0.3) is 16.2 Å². The summed E-state index contributed by atoms with van der Waals surface area (Å²) in [5.41, 5.74) is 0. The molecule has 2 heteroatoms. The lowest BCUT2D eigenvalue weighted by Gasteiger charge is -1.81. The molecule has 0 unspecified atom stereocenters. The molecule has 0 saturated heterocycles. The molecule has 0 aliphatic heterocycles. The summed E-state index contributed by atoms with van der Waals surface area (Å²) < 4.78 is 1.42. The lowest BCUT2D eigenvalue weighted by atomic mass is 10.3. The first-order chi connectivity index (χ1) is 5.42. The Morgan fingerprint density at radius 2 is 2.27 bits per heavy atom. The van der Waals surface area contributed by atoms with E-state index in [9.17, 15) is 0 Å². The molecule has 0 spiro atoms. The van der Waals surface area contributed by atoms with Crippen LogP contribution in [0.4, 0.5) is 0 Å². The van der Waals surface area contributed by atoms with Crippen molar-refractivity contribution in [1.82, 2.24) is 0 Å². The SMILES string of the molecule is C/C=C/c1scc2ccsc12. The van der Waals surface area contributed by atoms with Crippen molar-refractivity contribution in [2.75, 3.05) is 0 Å². The van der Waals surface area contributed by atoms with Gasteiger partial charge in [0.25, 0.3) is 0 Å². The van der Waals surface area contributed by atoms with Crippen molar-refractivity contribution in [1.29, 1.82) is 0 Å². The van der Waals surface area contributed by atoms with Crippen molar-refractivity contribution < 1.29 is 0 Å². The molecule has 0 bridgehead atoms. The number of hydrogen-bond acceptors (Lipinski definition) is 2. The summed E-state index contributed by atoms with van der Waals surface area (Å²) in [4.78, 5) is 1.39. The third-order valence-corrected chi connectivity index (χ3v) is 3.61. The average Bonchev–Trinajstić information content (AvgIpc) is 2.53. The molecule has 0 aromatic carbocycles. The van der Waals surface area contributed by atoms with E-state index in [1.54, 1.807) is 0 Å². The maximum absolute atomic E-state index is 2.21. The summed E-state index contributed by atoms with van der Waals surface area (Å²) in [7, 11) is 0. The first kappa shape index (κ1) is 7.07. The van der Waals surface area contributed by atoms with E-state index in [2.05, 4.69) is 35.9 Å². The second kappa shape index (κ2) is 2.80. The average molecular weight is 180 g/mol. The van der Waals surface area contributed by atoms with Crippen LogP contribution in [0, 0.1) is 0 Å². The number of fused-ring (bicyclic) bond motifs is 1.